The van der Waals surface area contributed by atoms with Crippen molar-refractivity contribution in [3.05, 3.63) is 68.6 Å². The number of rotatable bonds is 6. The molecule has 0 aliphatic heterocycles. The van der Waals surface area contributed by atoms with Gasteiger partial charge in [0.25, 0.3) is 5.56 Å². The number of amides is 1. The molecule has 3 N–H and O–H groups in total. The van der Waals surface area contributed by atoms with E-state index >= 15 is 0 Å². The zero-order valence-electron chi connectivity index (χ0n) is 18.5. The van der Waals surface area contributed by atoms with Crippen LogP contribution in [-0.4, -0.2) is 25.5 Å². The average Bonchev–Trinajstić information content (AvgIpc) is 3.33. The summed E-state index contributed by atoms with van der Waals surface area (Å²) < 4.78 is 28.3. The van der Waals surface area contributed by atoms with E-state index < -0.39 is 40.9 Å². The smallest absolute Gasteiger partial charge is 0.329 e. The molecule has 34 heavy (non-hydrogen) atoms. The van der Waals surface area contributed by atoms with Gasteiger partial charge in [0.1, 0.15) is 28.8 Å². The lowest BCUT2D eigenvalue weighted by atomic mass is 9.66. The normalized spacial score (nSPS) is 22.9. The second kappa shape index (κ2) is 8.03. The number of hydrogen-bond acceptors (Lipinski definition) is 5. The summed E-state index contributed by atoms with van der Waals surface area (Å²) in [6.45, 7) is 1.49. The molecular weight excluding hydrogens is 446 g/mol. The fraction of sp³-hybridized carbons (Fsp3) is 0.417. The molecule has 3 aliphatic rings. The average molecular weight is 470 g/mol. The van der Waals surface area contributed by atoms with Crippen molar-refractivity contribution in [1.82, 2.24) is 19.9 Å². The lowest BCUT2D eigenvalue weighted by Gasteiger charge is -2.41. The Morgan fingerprint density at radius 3 is 2.79 bits per heavy atom. The summed E-state index contributed by atoms with van der Waals surface area (Å²) in [7, 11) is 0. The van der Waals surface area contributed by atoms with Crippen LogP contribution in [0.15, 0.2) is 40.1 Å². The molecule has 1 aromatic carbocycles. The van der Waals surface area contributed by atoms with Crippen molar-refractivity contribution in [1.29, 1.82) is 0 Å². The Bertz CT molecular complexity index is 1400. The molecule has 0 saturated heterocycles. The molecule has 2 atom stereocenters. The molecule has 3 aromatic rings. The van der Waals surface area contributed by atoms with Gasteiger partial charge in [-0.05, 0) is 62.5 Å². The minimum atomic E-state index is -1.18. The van der Waals surface area contributed by atoms with Crippen molar-refractivity contribution in [2.75, 3.05) is 0 Å². The van der Waals surface area contributed by atoms with Gasteiger partial charge in [0.2, 0.25) is 5.91 Å². The number of pyridine rings is 1. The van der Waals surface area contributed by atoms with Crippen LogP contribution in [0.25, 0.3) is 10.9 Å². The molecule has 3 fully saturated rings. The number of fused-ring (bicyclic) bond motifs is 2. The van der Waals surface area contributed by atoms with Crippen molar-refractivity contribution < 1.29 is 18.7 Å². The maximum atomic E-state index is 14.2. The number of carbonyl (C=O) groups excluding carboxylic acids is 1. The van der Waals surface area contributed by atoms with Crippen molar-refractivity contribution in [2.24, 2.45) is 11.3 Å². The minimum absolute atomic E-state index is 0.0883. The molecule has 2 heterocycles. The predicted octanol–water partition coefficient (Wildman–Crippen LogP) is 3.07. The number of benzene rings is 1. The second-order valence-electron chi connectivity index (χ2n) is 9.59. The van der Waals surface area contributed by atoms with Crippen LogP contribution >= 0.6 is 0 Å². The molecule has 178 valence electrons. The van der Waals surface area contributed by atoms with Crippen molar-refractivity contribution in [3.8, 4) is 5.75 Å². The molecule has 0 spiro atoms. The van der Waals surface area contributed by atoms with E-state index in [1.807, 2.05) is 0 Å². The van der Waals surface area contributed by atoms with E-state index in [0.29, 0.717) is 12.0 Å². The number of phenols is 1. The maximum Gasteiger partial charge on any atom is 0.329 e. The van der Waals surface area contributed by atoms with Gasteiger partial charge in [-0.25, -0.2) is 18.1 Å². The minimum Gasteiger partial charge on any atom is -0.507 e. The molecule has 0 radical (unpaired) electrons. The summed E-state index contributed by atoms with van der Waals surface area (Å²) in [4.78, 5) is 46.1. The number of hydrogen-bond donors (Lipinski definition) is 3. The fourth-order valence-electron chi connectivity index (χ4n) is 5.73. The highest BCUT2D eigenvalue weighted by molar-refractivity contribution is 5.85. The molecule has 3 aliphatic carbocycles. The Balaban J connectivity index is 1.55. The van der Waals surface area contributed by atoms with Crippen LogP contribution in [0.2, 0.25) is 0 Å². The Kier molecular flexibility index (Phi) is 5.26. The first-order valence-electron chi connectivity index (χ1n) is 11.3. The second-order valence-corrected chi connectivity index (χ2v) is 9.59. The number of nitrogens with zero attached hydrogens (tertiary/aromatic N) is 2. The zero-order chi connectivity index (χ0) is 24.2. The Morgan fingerprint density at radius 1 is 1.35 bits per heavy atom. The van der Waals surface area contributed by atoms with Gasteiger partial charge in [-0.3, -0.25) is 14.6 Å². The van der Waals surface area contributed by atoms with Gasteiger partial charge in [-0.15, -0.1) is 0 Å². The van der Waals surface area contributed by atoms with Gasteiger partial charge in [0.05, 0.1) is 23.4 Å². The molecule has 8 nitrogen and oxygen atoms in total. The Labute approximate surface area is 192 Å². The van der Waals surface area contributed by atoms with E-state index in [4.69, 9.17) is 0 Å². The number of nitrogens with one attached hydrogen (secondary N) is 2. The van der Waals surface area contributed by atoms with E-state index in [0.717, 1.165) is 36.4 Å². The zero-order valence-corrected chi connectivity index (χ0v) is 18.5. The Morgan fingerprint density at radius 2 is 2.12 bits per heavy atom. The van der Waals surface area contributed by atoms with Gasteiger partial charge >= 0.3 is 5.69 Å². The molecule has 0 unspecified atom stereocenters. The van der Waals surface area contributed by atoms with Crippen molar-refractivity contribution in [3.63, 3.8) is 0 Å². The Hall–Kier alpha value is -3.56. The summed E-state index contributed by atoms with van der Waals surface area (Å²) in [6, 6.07) is 2.89. The third-order valence-electron chi connectivity index (χ3n) is 7.31. The highest BCUT2D eigenvalue weighted by atomic mass is 19.1. The number of halogens is 2. The van der Waals surface area contributed by atoms with Crippen molar-refractivity contribution in [2.45, 2.75) is 51.1 Å². The van der Waals surface area contributed by atoms with Gasteiger partial charge in [0.15, 0.2) is 0 Å². The summed E-state index contributed by atoms with van der Waals surface area (Å²) in [5, 5.41) is 12.8. The van der Waals surface area contributed by atoms with Gasteiger partial charge in [0, 0.05) is 6.07 Å². The third-order valence-corrected chi connectivity index (χ3v) is 7.31. The highest BCUT2D eigenvalue weighted by Gasteiger charge is 2.52. The summed E-state index contributed by atoms with van der Waals surface area (Å²) in [5.74, 6) is -2.11. The maximum absolute atomic E-state index is 14.2. The monoisotopic (exact) mass is 470 g/mol. The van der Waals surface area contributed by atoms with Gasteiger partial charge < -0.3 is 15.4 Å². The molecule has 6 rings (SSSR count). The van der Waals surface area contributed by atoms with E-state index in [-0.39, 0.29) is 34.2 Å². The summed E-state index contributed by atoms with van der Waals surface area (Å²) in [5.41, 5.74) is -1.68. The fourth-order valence-corrected chi connectivity index (χ4v) is 5.73. The van der Waals surface area contributed by atoms with E-state index in [9.17, 15) is 28.3 Å². The quantitative estimate of drug-likeness (QED) is 0.512. The summed E-state index contributed by atoms with van der Waals surface area (Å²) in [6.07, 6.45) is 4.91. The van der Waals surface area contributed by atoms with Crippen LogP contribution in [0.1, 0.15) is 56.8 Å². The van der Waals surface area contributed by atoms with Gasteiger partial charge in [-0.1, -0.05) is 6.07 Å². The van der Waals surface area contributed by atoms with Crippen LogP contribution < -0.4 is 16.6 Å². The van der Waals surface area contributed by atoms with E-state index in [1.54, 1.807) is 0 Å². The first-order chi connectivity index (χ1) is 16.2. The molecule has 3 saturated carbocycles. The molecule has 2 bridgehead atoms. The number of phenolic OH excluding ortho intramolecular Hbond substituents is 1. The largest absolute Gasteiger partial charge is 0.507 e. The van der Waals surface area contributed by atoms with Crippen LogP contribution in [0, 0.1) is 23.0 Å². The van der Waals surface area contributed by atoms with Crippen LogP contribution in [-0.2, 0) is 4.79 Å². The van der Waals surface area contributed by atoms with Crippen LogP contribution in [0.5, 0.6) is 5.75 Å². The first-order valence-corrected chi connectivity index (χ1v) is 11.3. The molecular formula is C24H24F2N4O4. The molecule has 10 heteroatoms. The number of aromatic amines is 1. The molecule has 2 aromatic heterocycles. The van der Waals surface area contributed by atoms with Crippen LogP contribution in [0.4, 0.5) is 8.78 Å². The lowest BCUT2D eigenvalue weighted by Crippen LogP contribution is -2.47. The SMILES string of the molecule is C[C@@H](NC(=O)[C@H](CC12CCC(C1)C2)n1c(=O)[nH]c2cccc(O)c2c1=O)c1ncc(F)cc1F. The van der Waals surface area contributed by atoms with Gasteiger partial charge in [-0.2, -0.15) is 0 Å². The number of aromatic nitrogens is 3. The van der Waals surface area contributed by atoms with Crippen LogP contribution in [0.3, 0.4) is 0 Å². The van der Waals surface area contributed by atoms with E-state index in [1.165, 1.54) is 25.1 Å². The molecule has 1 amide bonds. The number of carbonyl (C=O) groups is 1. The van der Waals surface area contributed by atoms with E-state index in [2.05, 4.69) is 15.3 Å². The summed E-state index contributed by atoms with van der Waals surface area (Å²) >= 11 is 0. The predicted molar refractivity (Wildman–Crippen MR) is 119 cm³/mol. The van der Waals surface area contributed by atoms with Crippen molar-refractivity contribution >= 4 is 16.8 Å². The number of aromatic hydroxyl groups is 1. The highest BCUT2D eigenvalue weighted by Crippen LogP contribution is 2.62. The first kappa shape index (κ1) is 22.2. The number of H-pyrrole nitrogens is 1. The standard InChI is InChI=1S/C24H24F2N4O4/c1-12(20-15(26)7-14(25)11-27-20)28-21(32)17(10-24-6-5-13(8-24)9-24)30-22(33)19-16(29-23(30)34)3-2-4-18(19)31/h2-4,7,11-13,17,31H,5-6,8-10H2,1H3,(H,28,32)(H,29,34)/t12-,13?,17+,24?/m1/s1. The third kappa shape index (κ3) is 3.66. The topological polar surface area (TPSA) is 117 Å². The lowest BCUT2D eigenvalue weighted by molar-refractivity contribution is -0.126.